The largest absolute Gasteiger partial charge is 0.330 e. The summed E-state index contributed by atoms with van der Waals surface area (Å²) in [6.45, 7) is 5.49. The molecular weight excluding hydrogens is 186 g/mol. The van der Waals surface area contributed by atoms with Crippen molar-refractivity contribution in [3.63, 3.8) is 0 Å². The van der Waals surface area contributed by atoms with Gasteiger partial charge in [0.05, 0.1) is 0 Å². The second kappa shape index (κ2) is 5.28. The minimum atomic E-state index is 0.706. The van der Waals surface area contributed by atoms with E-state index >= 15 is 0 Å². The second-order valence-electron chi connectivity index (χ2n) is 5.33. The van der Waals surface area contributed by atoms with E-state index in [1.165, 1.54) is 32.2 Å². The van der Waals surface area contributed by atoms with Crippen molar-refractivity contribution in [1.29, 1.82) is 0 Å². The van der Waals surface area contributed by atoms with Crippen molar-refractivity contribution in [3.05, 3.63) is 0 Å². The molecule has 2 saturated heterocycles. The Morgan fingerprint density at radius 2 is 2.07 bits per heavy atom. The second-order valence-corrected chi connectivity index (χ2v) is 5.33. The van der Waals surface area contributed by atoms with Gasteiger partial charge in [0, 0.05) is 12.1 Å². The van der Waals surface area contributed by atoms with Crippen LogP contribution >= 0.6 is 0 Å². The van der Waals surface area contributed by atoms with Gasteiger partial charge in [-0.25, -0.2) is 0 Å². The maximum atomic E-state index is 5.70. The number of hydrogen-bond acceptors (Lipinski definition) is 3. The standard InChI is InChI=1S/C12H25N3/c1-9-6-11(4-5-14-9)12-3-2-10(7-13)8-15-12/h9-12,14-15H,2-8,13H2,1H3. The maximum Gasteiger partial charge on any atom is 0.00966 e. The molecule has 4 atom stereocenters. The van der Waals surface area contributed by atoms with E-state index in [1.54, 1.807) is 0 Å². The smallest absolute Gasteiger partial charge is 0.00966 e. The fraction of sp³-hybridized carbons (Fsp3) is 1.00. The van der Waals surface area contributed by atoms with Gasteiger partial charge in [0.15, 0.2) is 0 Å². The lowest BCUT2D eigenvalue weighted by molar-refractivity contribution is 0.195. The van der Waals surface area contributed by atoms with Crippen LogP contribution in [0, 0.1) is 11.8 Å². The predicted octanol–water partition coefficient (Wildman–Crippen LogP) is 0.701. The van der Waals surface area contributed by atoms with Crippen molar-refractivity contribution in [2.45, 2.75) is 44.7 Å². The molecule has 15 heavy (non-hydrogen) atoms. The van der Waals surface area contributed by atoms with Crippen molar-refractivity contribution < 1.29 is 0 Å². The third-order valence-corrected chi connectivity index (χ3v) is 4.12. The molecule has 2 heterocycles. The van der Waals surface area contributed by atoms with Gasteiger partial charge in [0.1, 0.15) is 0 Å². The molecule has 0 aromatic rings. The van der Waals surface area contributed by atoms with Crippen LogP contribution < -0.4 is 16.4 Å². The quantitative estimate of drug-likeness (QED) is 0.630. The molecule has 88 valence electrons. The normalized spacial score (nSPS) is 42.8. The summed E-state index contributed by atoms with van der Waals surface area (Å²) in [7, 11) is 0. The molecule has 0 amide bonds. The summed E-state index contributed by atoms with van der Waals surface area (Å²) in [5, 5.41) is 7.23. The summed E-state index contributed by atoms with van der Waals surface area (Å²) < 4.78 is 0. The maximum absolute atomic E-state index is 5.70. The topological polar surface area (TPSA) is 50.1 Å². The summed E-state index contributed by atoms with van der Waals surface area (Å²) in [5.74, 6) is 1.61. The van der Waals surface area contributed by atoms with Crippen LogP contribution in [0.15, 0.2) is 0 Å². The Balaban J connectivity index is 1.79. The van der Waals surface area contributed by atoms with E-state index in [1.807, 2.05) is 0 Å². The first-order chi connectivity index (χ1) is 7.29. The lowest BCUT2D eigenvalue weighted by atomic mass is 9.81. The highest BCUT2D eigenvalue weighted by Crippen LogP contribution is 2.26. The van der Waals surface area contributed by atoms with Crippen LogP contribution in [0.4, 0.5) is 0 Å². The average Bonchev–Trinajstić information content (AvgIpc) is 2.29. The van der Waals surface area contributed by atoms with Crippen LogP contribution in [0.25, 0.3) is 0 Å². The van der Waals surface area contributed by atoms with Crippen molar-refractivity contribution in [3.8, 4) is 0 Å². The summed E-state index contributed by atoms with van der Waals surface area (Å²) in [6, 6.07) is 1.47. The molecule has 0 saturated carbocycles. The number of rotatable bonds is 2. The molecule has 2 aliphatic rings. The summed E-state index contributed by atoms with van der Waals surface area (Å²) >= 11 is 0. The van der Waals surface area contributed by atoms with Crippen molar-refractivity contribution in [2.24, 2.45) is 17.6 Å². The molecule has 4 N–H and O–H groups in total. The Morgan fingerprint density at radius 1 is 1.20 bits per heavy atom. The molecule has 0 bridgehead atoms. The van der Waals surface area contributed by atoms with E-state index in [0.717, 1.165) is 31.0 Å². The van der Waals surface area contributed by atoms with Crippen LogP contribution in [-0.2, 0) is 0 Å². The third kappa shape index (κ3) is 2.92. The van der Waals surface area contributed by atoms with Gasteiger partial charge < -0.3 is 16.4 Å². The Labute approximate surface area is 93.2 Å². The fourth-order valence-corrected chi connectivity index (χ4v) is 3.08. The number of nitrogens with one attached hydrogen (secondary N) is 2. The van der Waals surface area contributed by atoms with Crippen LogP contribution in [0.3, 0.4) is 0 Å². The van der Waals surface area contributed by atoms with Crippen molar-refractivity contribution in [1.82, 2.24) is 10.6 Å². The van der Waals surface area contributed by atoms with Crippen molar-refractivity contribution >= 4 is 0 Å². The molecular formula is C12H25N3. The lowest BCUT2D eigenvalue weighted by Crippen LogP contribution is -2.49. The van der Waals surface area contributed by atoms with Crippen LogP contribution in [-0.4, -0.2) is 31.7 Å². The van der Waals surface area contributed by atoms with Crippen LogP contribution in [0.1, 0.15) is 32.6 Å². The van der Waals surface area contributed by atoms with Crippen LogP contribution in [0.5, 0.6) is 0 Å². The van der Waals surface area contributed by atoms with E-state index < -0.39 is 0 Å². The predicted molar refractivity (Wildman–Crippen MR) is 63.8 cm³/mol. The van der Waals surface area contributed by atoms with Gasteiger partial charge in [-0.1, -0.05) is 0 Å². The number of hydrogen-bond donors (Lipinski definition) is 3. The SMILES string of the molecule is CC1CC(C2CCC(CN)CN2)CCN1. The zero-order valence-corrected chi connectivity index (χ0v) is 9.84. The third-order valence-electron chi connectivity index (χ3n) is 4.12. The van der Waals surface area contributed by atoms with Crippen LogP contribution in [0.2, 0.25) is 0 Å². The van der Waals surface area contributed by atoms with E-state index in [9.17, 15) is 0 Å². The van der Waals surface area contributed by atoms with E-state index in [-0.39, 0.29) is 0 Å². The molecule has 2 aliphatic heterocycles. The Hall–Kier alpha value is -0.120. The molecule has 0 aromatic carbocycles. The summed E-state index contributed by atoms with van der Waals surface area (Å²) in [5.41, 5.74) is 5.70. The van der Waals surface area contributed by atoms with Gasteiger partial charge in [-0.05, 0) is 64.1 Å². The molecule has 0 aliphatic carbocycles. The molecule has 3 heteroatoms. The zero-order chi connectivity index (χ0) is 10.7. The van der Waals surface area contributed by atoms with Gasteiger partial charge in [-0.2, -0.15) is 0 Å². The Morgan fingerprint density at radius 3 is 2.67 bits per heavy atom. The molecule has 3 nitrogen and oxygen atoms in total. The van der Waals surface area contributed by atoms with E-state index in [4.69, 9.17) is 5.73 Å². The number of piperidine rings is 2. The first-order valence-electron chi connectivity index (χ1n) is 6.46. The van der Waals surface area contributed by atoms with Gasteiger partial charge in [0.2, 0.25) is 0 Å². The zero-order valence-electron chi connectivity index (χ0n) is 9.84. The van der Waals surface area contributed by atoms with Gasteiger partial charge in [0.25, 0.3) is 0 Å². The minimum absolute atomic E-state index is 0.706. The molecule has 4 unspecified atom stereocenters. The van der Waals surface area contributed by atoms with Gasteiger partial charge >= 0.3 is 0 Å². The first kappa shape index (κ1) is 11.4. The highest BCUT2D eigenvalue weighted by molar-refractivity contribution is 4.87. The monoisotopic (exact) mass is 211 g/mol. The first-order valence-corrected chi connectivity index (χ1v) is 6.46. The van der Waals surface area contributed by atoms with E-state index in [0.29, 0.717) is 6.04 Å². The molecule has 0 aromatic heterocycles. The van der Waals surface area contributed by atoms with Gasteiger partial charge in [-0.3, -0.25) is 0 Å². The average molecular weight is 211 g/mol. The Kier molecular flexibility index (Phi) is 4.00. The summed E-state index contributed by atoms with van der Waals surface area (Å²) in [4.78, 5) is 0. The molecule has 0 spiro atoms. The number of nitrogens with two attached hydrogens (primary N) is 1. The molecule has 2 rings (SSSR count). The highest BCUT2D eigenvalue weighted by atomic mass is 15.0. The van der Waals surface area contributed by atoms with Gasteiger partial charge in [-0.15, -0.1) is 0 Å². The van der Waals surface area contributed by atoms with Crippen molar-refractivity contribution in [2.75, 3.05) is 19.6 Å². The molecule has 0 radical (unpaired) electrons. The minimum Gasteiger partial charge on any atom is -0.330 e. The lowest BCUT2D eigenvalue weighted by Gasteiger charge is -2.38. The fourth-order valence-electron chi connectivity index (χ4n) is 3.08. The summed E-state index contributed by atoms with van der Waals surface area (Å²) in [6.07, 6.45) is 5.34. The highest BCUT2D eigenvalue weighted by Gasteiger charge is 2.29. The molecule has 2 fully saturated rings. The van der Waals surface area contributed by atoms with E-state index in [2.05, 4.69) is 17.6 Å². The Bertz CT molecular complexity index is 187.